The number of methoxy groups -OCH3 is 1. The highest BCUT2D eigenvalue weighted by molar-refractivity contribution is 6.00. The Bertz CT molecular complexity index is 317. The Morgan fingerprint density at radius 3 is 2.50 bits per heavy atom. The summed E-state index contributed by atoms with van der Waals surface area (Å²) in [5.74, 6) is -1.51. The smallest absolute Gasteiger partial charge is 0.318 e. The molecule has 0 unspecified atom stereocenters. The third-order valence-corrected chi connectivity index (χ3v) is 2.92. The maximum atomic E-state index is 12.1. The van der Waals surface area contributed by atoms with E-state index in [-0.39, 0.29) is 17.4 Å². The molecule has 0 radical (unpaired) electrons. The number of ether oxygens (including phenoxy) is 1. The highest BCUT2D eigenvalue weighted by atomic mass is 16.5. The van der Waals surface area contributed by atoms with Gasteiger partial charge < -0.3 is 9.64 Å². The van der Waals surface area contributed by atoms with E-state index in [2.05, 4.69) is 11.3 Å². The number of rotatable bonds is 2. The van der Waals surface area contributed by atoms with Crippen molar-refractivity contribution >= 4 is 11.9 Å². The summed E-state index contributed by atoms with van der Waals surface area (Å²) in [5, 5.41) is 0. The first-order valence-corrected chi connectivity index (χ1v) is 5.34. The molecule has 1 heterocycles. The minimum absolute atomic E-state index is 0.154. The highest BCUT2D eigenvalue weighted by Crippen LogP contribution is 2.31. The molecule has 0 aromatic carbocycles. The second kappa shape index (κ2) is 4.28. The molecule has 0 aliphatic carbocycles. The fourth-order valence-electron chi connectivity index (χ4n) is 1.97. The fraction of sp³-hybridized carbons (Fsp3) is 0.667. The largest absolute Gasteiger partial charge is 0.468 e. The summed E-state index contributed by atoms with van der Waals surface area (Å²) in [6.45, 7) is 10.1. The number of carbonyl (C=O) groups excluding carboxylic acids is 2. The fourth-order valence-corrected chi connectivity index (χ4v) is 1.97. The van der Waals surface area contributed by atoms with Crippen molar-refractivity contribution in [1.29, 1.82) is 0 Å². The first kappa shape index (κ1) is 12.7. The van der Waals surface area contributed by atoms with E-state index in [9.17, 15) is 9.59 Å². The third-order valence-electron chi connectivity index (χ3n) is 2.92. The van der Waals surface area contributed by atoms with Gasteiger partial charge in [-0.25, -0.2) is 0 Å². The molecular weight excluding hydrogens is 206 g/mol. The Morgan fingerprint density at radius 1 is 1.56 bits per heavy atom. The molecule has 1 fully saturated rings. The number of likely N-dealkylation sites (tertiary alicyclic amines) is 1. The molecular formula is C12H19NO3. The molecule has 1 amide bonds. The first-order valence-electron chi connectivity index (χ1n) is 5.34. The molecule has 0 aromatic rings. The van der Waals surface area contributed by atoms with E-state index < -0.39 is 11.9 Å². The number of hydrogen-bond acceptors (Lipinski definition) is 3. The zero-order valence-corrected chi connectivity index (χ0v) is 10.3. The molecule has 0 spiro atoms. The molecule has 16 heavy (non-hydrogen) atoms. The molecule has 1 rings (SSSR count). The van der Waals surface area contributed by atoms with Crippen molar-refractivity contribution < 1.29 is 14.3 Å². The van der Waals surface area contributed by atoms with Crippen molar-refractivity contribution in [3.05, 3.63) is 12.7 Å². The predicted molar refractivity (Wildman–Crippen MR) is 60.7 cm³/mol. The van der Waals surface area contributed by atoms with Crippen LogP contribution in [-0.2, 0) is 14.3 Å². The van der Waals surface area contributed by atoms with Crippen molar-refractivity contribution in [2.75, 3.05) is 13.7 Å². The van der Waals surface area contributed by atoms with Crippen LogP contribution >= 0.6 is 0 Å². The summed E-state index contributed by atoms with van der Waals surface area (Å²) >= 11 is 0. The Hall–Kier alpha value is -1.32. The van der Waals surface area contributed by atoms with Gasteiger partial charge in [0.2, 0.25) is 5.91 Å². The molecule has 1 saturated heterocycles. The van der Waals surface area contributed by atoms with Gasteiger partial charge in [0, 0.05) is 18.0 Å². The van der Waals surface area contributed by atoms with Crippen LogP contribution in [0.25, 0.3) is 0 Å². The maximum Gasteiger partial charge on any atom is 0.318 e. The van der Waals surface area contributed by atoms with E-state index in [0.717, 1.165) is 0 Å². The van der Waals surface area contributed by atoms with Crippen LogP contribution in [0.15, 0.2) is 12.7 Å². The number of nitrogens with zero attached hydrogens (tertiary/aromatic N) is 1. The normalized spacial score (nSPS) is 25.8. The molecule has 0 aromatic heterocycles. The van der Waals surface area contributed by atoms with Gasteiger partial charge in [-0.2, -0.15) is 0 Å². The quantitative estimate of drug-likeness (QED) is 0.403. The summed E-state index contributed by atoms with van der Waals surface area (Å²) in [5.41, 5.74) is -0.277. The van der Waals surface area contributed by atoms with Crippen LogP contribution in [0.1, 0.15) is 20.8 Å². The lowest BCUT2D eigenvalue weighted by molar-refractivity contribution is -0.152. The van der Waals surface area contributed by atoms with Gasteiger partial charge in [-0.15, -0.1) is 6.58 Å². The van der Waals surface area contributed by atoms with Gasteiger partial charge in [0.1, 0.15) is 5.92 Å². The van der Waals surface area contributed by atoms with Crippen molar-refractivity contribution in [3.8, 4) is 0 Å². The van der Waals surface area contributed by atoms with Gasteiger partial charge in [0.15, 0.2) is 0 Å². The number of esters is 1. The van der Waals surface area contributed by atoms with E-state index in [1.807, 2.05) is 20.8 Å². The van der Waals surface area contributed by atoms with Crippen LogP contribution in [0.4, 0.5) is 0 Å². The van der Waals surface area contributed by atoms with Gasteiger partial charge in [-0.1, -0.05) is 6.08 Å². The van der Waals surface area contributed by atoms with E-state index in [0.29, 0.717) is 6.54 Å². The number of hydrogen-bond donors (Lipinski definition) is 0. The Morgan fingerprint density at radius 2 is 2.12 bits per heavy atom. The standard InChI is InChI=1S/C12H19NO3/c1-6-8-7-13(12(2,3)4)10(14)9(8)11(15)16-5/h6,8-9H,1,7H2,2-5H3/t8-,9+/m1/s1. The van der Waals surface area contributed by atoms with Crippen molar-refractivity contribution in [1.82, 2.24) is 4.90 Å². The number of carbonyl (C=O) groups is 2. The second-order valence-corrected chi connectivity index (χ2v) is 5.02. The zero-order valence-electron chi connectivity index (χ0n) is 10.3. The van der Waals surface area contributed by atoms with Gasteiger partial charge in [0.25, 0.3) is 0 Å². The molecule has 1 aliphatic heterocycles. The molecule has 4 heteroatoms. The topological polar surface area (TPSA) is 46.6 Å². The third kappa shape index (κ3) is 2.10. The van der Waals surface area contributed by atoms with Gasteiger partial charge in [-0.05, 0) is 20.8 Å². The van der Waals surface area contributed by atoms with E-state index in [4.69, 9.17) is 0 Å². The summed E-state index contributed by atoms with van der Waals surface area (Å²) in [4.78, 5) is 25.4. The second-order valence-electron chi connectivity index (χ2n) is 5.02. The van der Waals surface area contributed by atoms with Crippen LogP contribution in [-0.4, -0.2) is 36.0 Å². The van der Waals surface area contributed by atoms with Crippen molar-refractivity contribution in [3.63, 3.8) is 0 Å². The molecule has 0 saturated carbocycles. The summed E-state index contributed by atoms with van der Waals surface area (Å²) in [6, 6.07) is 0. The van der Waals surface area contributed by atoms with E-state index in [1.54, 1.807) is 11.0 Å². The Labute approximate surface area is 96.3 Å². The average molecular weight is 225 g/mol. The highest BCUT2D eigenvalue weighted by Gasteiger charge is 2.47. The van der Waals surface area contributed by atoms with Crippen molar-refractivity contribution in [2.24, 2.45) is 11.8 Å². The Balaban J connectivity index is 2.98. The summed E-state index contributed by atoms with van der Waals surface area (Å²) in [6.07, 6.45) is 1.66. The average Bonchev–Trinajstić information content (AvgIpc) is 2.53. The zero-order chi connectivity index (χ0) is 12.5. The Kier molecular flexibility index (Phi) is 3.41. The van der Waals surface area contributed by atoms with Gasteiger partial charge in [-0.3, -0.25) is 9.59 Å². The van der Waals surface area contributed by atoms with E-state index >= 15 is 0 Å². The van der Waals surface area contributed by atoms with Crippen LogP contribution in [0.5, 0.6) is 0 Å². The van der Waals surface area contributed by atoms with Crippen LogP contribution in [0.3, 0.4) is 0 Å². The molecule has 90 valence electrons. The summed E-state index contributed by atoms with van der Waals surface area (Å²) < 4.78 is 4.66. The predicted octanol–water partition coefficient (Wildman–Crippen LogP) is 1.22. The first-order chi connectivity index (χ1) is 7.32. The molecule has 1 aliphatic rings. The maximum absolute atomic E-state index is 12.1. The van der Waals surface area contributed by atoms with Crippen LogP contribution in [0, 0.1) is 11.8 Å². The van der Waals surface area contributed by atoms with Crippen molar-refractivity contribution in [2.45, 2.75) is 26.3 Å². The van der Waals surface area contributed by atoms with Crippen LogP contribution < -0.4 is 0 Å². The molecule has 2 atom stereocenters. The minimum atomic E-state index is -0.721. The molecule has 0 N–H and O–H groups in total. The monoisotopic (exact) mass is 225 g/mol. The lowest BCUT2D eigenvalue weighted by Crippen LogP contribution is -2.44. The SMILES string of the molecule is C=C[C@@H]1CN(C(C)(C)C)C(=O)[C@H]1C(=O)OC. The van der Waals surface area contributed by atoms with E-state index in [1.165, 1.54) is 7.11 Å². The minimum Gasteiger partial charge on any atom is -0.468 e. The molecule has 0 bridgehead atoms. The lowest BCUT2D eigenvalue weighted by Gasteiger charge is -2.32. The van der Waals surface area contributed by atoms with Crippen LogP contribution in [0.2, 0.25) is 0 Å². The lowest BCUT2D eigenvalue weighted by atomic mass is 9.96. The van der Waals surface area contributed by atoms with Gasteiger partial charge >= 0.3 is 5.97 Å². The number of amides is 1. The summed E-state index contributed by atoms with van der Waals surface area (Å²) in [7, 11) is 1.30. The van der Waals surface area contributed by atoms with Gasteiger partial charge in [0.05, 0.1) is 7.11 Å². The molecule has 4 nitrogen and oxygen atoms in total.